The van der Waals surface area contributed by atoms with Gasteiger partial charge < -0.3 is 20.7 Å². The fourth-order valence-corrected chi connectivity index (χ4v) is 1.86. The van der Waals surface area contributed by atoms with Crippen LogP contribution < -0.4 is 15.8 Å². The Morgan fingerprint density at radius 2 is 1.95 bits per heavy atom. The molecule has 2 amide bonds. The number of nitrogen functional groups attached to an aromatic ring is 1. The van der Waals surface area contributed by atoms with Gasteiger partial charge in [0.25, 0.3) is 5.91 Å². The van der Waals surface area contributed by atoms with Crippen LogP contribution in [0.2, 0.25) is 0 Å². The van der Waals surface area contributed by atoms with Gasteiger partial charge in [-0.25, -0.2) is 0 Å². The monoisotopic (exact) mass is 293 g/mol. The number of hydrogen-bond acceptors (Lipinski definition) is 4. The predicted octanol–water partition coefficient (Wildman–Crippen LogP) is 1.26. The maximum atomic E-state index is 12.3. The number of nitrogens with one attached hydrogen (secondary N) is 1. The number of nitrogens with zero attached hydrogens (tertiary/aromatic N) is 1. The van der Waals surface area contributed by atoms with Gasteiger partial charge in [0.1, 0.15) is 5.75 Å². The first-order valence-corrected chi connectivity index (χ1v) is 6.64. The summed E-state index contributed by atoms with van der Waals surface area (Å²) >= 11 is 0. The summed E-state index contributed by atoms with van der Waals surface area (Å²) in [6, 6.07) is 4.97. The van der Waals surface area contributed by atoms with Crippen molar-refractivity contribution in [2.24, 2.45) is 0 Å². The minimum atomic E-state index is -0.337. The van der Waals surface area contributed by atoms with Crippen LogP contribution in [0.15, 0.2) is 18.2 Å². The topological polar surface area (TPSA) is 84.7 Å². The highest BCUT2D eigenvalue weighted by Gasteiger charge is 2.21. The van der Waals surface area contributed by atoms with Crippen LogP contribution >= 0.6 is 0 Å². The van der Waals surface area contributed by atoms with E-state index in [1.165, 1.54) is 12.0 Å². The van der Waals surface area contributed by atoms with Gasteiger partial charge in [0.2, 0.25) is 5.91 Å². The minimum Gasteiger partial charge on any atom is -0.495 e. The van der Waals surface area contributed by atoms with Gasteiger partial charge in [-0.1, -0.05) is 6.07 Å². The quantitative estimate of drug-likeness (QED) is 0.819. The van der Waals surface area contributed by atoms with Gasteiger partial charge in [0, 0.05) is 12.6 Å². The zero-order chi connectivity index (χ0) is 16.2. The summed E-state index contributed by atoms with van der Waals surface area (Å²) in [5.74, 6) is -0.108. The number of hydrogen-bond donors (Lipinski definition) is 2. The zero-order valence-electron chi connectivity index (χ0n) is 13.2. The Bertz CT molecular complexity index is 535. The Hall–Kier alpha value is -2.24. The molecule has 0 unspecified atom stereocenters. The van der Waals surface area contributed by atoms with Crippen molar-refractivity contribution in [1.29, 1.82) is 0 Å². The molecule has 0 aliphatic heterocycles. The fourth-order valence-electron chi connectivity index (χ4n) is 1.86. The van der Waals surface area contributed by atoms with Crippen LogP contribution in [0, 0.1) is 0 Å². The van der Waals surface area contributed by atoms with Crippen LogP contribution in [0.1, 0.15) is 31.1 Å². The summed E-state index contributed by atoms with van der Waals surface area (Å²) in [6.07, 6.45) is 0. The van der Waals surface area contributed by atoms with E-state index in [0.717, 1.165) is 0 Å². The molecule has 0 fully saturated rings. The normalized spacial score (nSPS) is 10.9. The summed E-state index contributed by atoms with van der Waals surface area (Å²) in [6.45, 7) is 5.61. The molecule has 1 aromatic carbocycles. The van der Waals surface area contributed by atoms with Crippen LogP contribution in [0.25, 0.3) is 0 Å². The molecule has 6 nitrogen and oxygen atoms in total. The van der Waals surface area contributed by atoms with Crippen molar-refractivity contribution in [3.8, 4) is 5.75 Å². The van der Waals surface area contributed by atoms with Crippen molar-refractivity contribution in [3.63, 3.8) is 0 Å². The molecular formula is C15H23N3O3. The summed E-state index contributed by atoms with van der Waals surface area (Å²) in [5.41, 5.74) is 6.15. The van der Waals surface area contributed by atoms with E-state index < -0.39 is 0 Å². The van der Waals surface area contributed by atoms with E-state index in [1.807, 2.05) is 20.8 Å². The molecule has 0 saturated heterocycles. The molecule has 1 aromatic rings. The lowest BCUT2D eigenvalue weighted by Crippen LogP contribution is -2.46. The lowest BCUT2D eigenvalue weighted by molar-refractivity contribution is -0.122. The average molecular weight is 293 g/mol. The van der Waals surface area contributed by atoms with Gasteiger partial charge in [-0.15, -0.1) is 0 Å². The molecule has 21 heavy (non-hydrogen) atoms. The van der Waals surface area contributed by atoms with Crippen molar-refractivity contribution < 1.29 is 14.3 Å². The van der Waals surface area contributed by atoms with E-state index in [4.69, 9.17) is 10.5 Å². The molecule has 116 valence electrons. The second-order valence-corrected chi connectivity index (χ2v) is 5.88. The highest BCUT2D eigenvalue weighted by molar-refractivity contribution is 6.01. The highest BCUT2D eigenvalue weighted by Crippen LogP contribution is 2.25. The number of para-hydroxylation sites is 1. The van der Waals surface area contributed by atoms with Crippen LogP contribution in [-0.4, -0.2) is 43.0 Å². The van der Waals surface area contributed by atoms with E-state index in [0.29, 0.717) is 11.3 Å². The van der Waals surface area contributed by atoms with Gasteiger partial charge in [-0.2, -0.15) is 0 Å². The SMILES string of the molecule is COc1cccc(C(=O)N(C)CC(=O)NC(C)(C)C)c1N. The van der Waals surface area contributed by atoms with Gasteiger partial charge >= 0.3 is 0 Å². The van der Waals surface area contributed by atoms with Crippen LogP contribution in [0.4, 0.5) is 5.69 Å². The van der Waals surface area contributed by atoms with Gasteiger partial charge in [-0.3, -0.25) is 9.59 Å². The molecule has 0 bridgehead atoms. The van der Waals surface area contributed by atoms with Gasteiger partial charge in [0.15, 0.2) is 0 Å². The number of rotatable bonds is 4. The summed E-state index contributed by atoms with van der Waals surface area (Å²) in [4.78, 5) is 25.5. The third kappa shape index (κ3) is 4.66. The number of amides is 2. The Morgan fingerprint density at radius 1 is 1.33 bits per heavy atom. The number of methoxy groups -OCH3 is 1. The number of likely N-dealkylation sites (N-methyl/N-ethyl adjacent to an activating group) is 1. The number of anilines is 1. The molecule has 1 rings (SSSR count). The molecule has 0 radical (unpaired) electrons. The van der Waals surface area contributed by atoms with Crippen LogP contribution in [-0.2, 0) is 4.79 Å². The first-order chi connectivity index (χ1) is 9.65. The molecule has 0 spiro atoms. The Kier molecular flexibility index (Phi) is 5.18. The Balaban J connectivity index is 2.82. The fraction of sp³-hybridized carbons (Fsp3) is 0.467. The molecule has 0 aromatic heterocycles. The number of ether oxygens (including phenoxy) is 1. The van der Waals surface area contributed by atoms with Crippen molar-refractivity contribution in [2.75, 3.05) is 26.4 Å². The lowest BCUT2D eigenvalue weighted by atomic mass is 10.1. The van der Waals surface area contributed by atoms with Crippen molar-refractivity contribution in [3.05, 3.63) is 23.8 Å². The zero-order valence-corrected chi connectivity index (χ0v) is 13.2. The number of nitrogens with two attached hydrogens (primary N) is 1. The molecule has 0 aliphatic carbocycles. The van der Waals surface area contributed by atoms with E-state index in [1.54, 1.807) is 25.2 Å². The number of carbonyl (C=O) groups is 2. The second kappa shape index (κ2) is 6.47. The maximum absolute atomic E-state index is 12.3. The predicted molar refractivity (Wildman–Crippen MR) is 82.3 cm³/mol. The summed E-state index contributed by atoms with van der Waals surface area (Å²) in [5, 5.41) is 2.80. The first kappa shape index (κ1) is 16.8. The summed E-state index contributed by atoms with van der Waals surface area (Å²) in [7, 11) is 3.05. The number of benzene rings is 1. The second-order valence-electron chi connectivity index (χ2n) is 5.88. The molecule has 6 heteroatoms. The minimum absolute atomic E-state index is 0.0350. The summed E-state index contributed by atoms with van der Waals surface area (Å²) < 4.78 is 5.09. The molecule has 3 N–H and O–H groups in total. The average Bonchev–Trinajstić information content (AvgIpc) is 2.35. The van der Waals surface area contributed by atoms with E-state index in [9.17, 15) is 9.59 Å². The standard InChI is InChI=1S/C15H23N3O3/c1-15(2,3)17-12(19)9-18(4)14(20)10-7-6-8-11(21-5)13(10)16/h6-8H,9,16H2,1-5H3,(H,17,19). The maximum Gasteiger partial charge on any atom is 0.256 e. The largest absolute Gasteiger partial charge is 0.495 e. The first-order valence-electron chi connectivity index (χ1n) is 6.64. The third-order valence-electron chi connectivity index (χ3n) is 2.76. The number of carbonyl (C=O) groups excluding carboxylic acids is 2. The molecule has 0 atom stereocenters. The van der Waals surface area contributed by atoms with Gasteiger partial charge in [-0.05, 0) is 32.9 Å². The third-order valence-corrected chi connectivity index (χ3v) is 2.76. The molecule has 0 saturated carbocycles. The van der Waals surface area contributed by atoms with Crippen LogP contribution in [0.5, 0.6) is 5.75 Å². The molecule has 0 heterocycles. The Labute approximate surface area is 125 Å². The van der Waals surface area contributed by atoms with E-state index in [2.05, 4.69) is 5.32 Å². The smallest absolute Gasteiger partial charge is 0.256 e. The van der Waals surface area contributed by atoms with E-state index in [-0.39, 0.29) is 29.6 Å². The van der Waals surface area contributed by atoms with Crippen molar-refractivity contribution >= 4 is 17.5 Å². The molecular weight excluding hydrogens is 270 g/mol. The lowest BCUT2D eigenvalue weighted by Gasteiger charge is -2.23. The van der Waals surface area contributed by atoms with Crippen LogP contribution in [0.3, 0.4) is 0 Å². The Morgan fingerprint density at radius 3 is 2.48 bits per heavy atom. The molecule has 0 aliphatic rings. The van der Waals surface area contributed by atoms with Crippen molar-refractivity contribution in [1.82, 2.24) is 10.2 Å². The van der Waals surface area contributed by atoms with Gasteiger partial charge in [0.05, 0.1) is 24.9 Å². The van der Waals surface area contributed by atoms with E-state index >= 15 is 0 Å². The highest BCUT2D eigenvalue weighted by atomic mass is 16.5. The van der Waals surface area contributed by atoms with Crippen molar-refractivity contribution in [2.45, 2.75) is 26.3 Å².